The number of aromatic nitrogens is 3. The maximum atomic E-state index is 13.0. The Balaban J connectivity index is 1.43. The predicted molar refractivity (Wildman–Crippen MR) is 158 cm³/mol. The lowest BCUT2D eigenvalue weighted by Crippen LogP contribution is -2.33. The van der Waals surface area contributed by atoms with E-state index in [9.17, 15) is 4.79 Å². The van der Waals surface area contributed by atoms with Crippen molar-refractivity contribution in [3.05, 3.63) is 113 Å². The molecule has 1 saturated heterocycles. The highest BCUT2D eigenvalue weighted by molar-refractivity contribution is 7.80. The maximum Gasteiger partial charge on any atom is 0.226 e. The monoisotopic (exact) mass is 538 g/mol. The molecule has 2 atom stereocenters. The average Bonchev–Trinajstić information content (AvgIpc) is 3.43. The molecule has 8 heteroatoms. The Morgan fingerprint density at radius 2 is 1.82 bits per heavy atom. The minimum Gasteiger partial charge on any atom is -0.352 e. The van der Waals surface area contributed by atoms with Crippen LogP contribution in [0.4, 0.5) is 5.69 Å². The molecule has 5 rings (SSSR count). The van der Waals surface area contributed by atoms with Crippen LogP contribution in [0.5, 0.6) is 0 Å². The molecule has 4 aromatic rings. The molecule has 200 valence electrons. The summed E-state index contributed by atoms with van der Waals surface area (Å²) in [4.78, 5) is 24.0. The van der Waals surface area contributed by atoms with Gasteiger partial charge in [0, 0.05) is 55.2 Å². The van der Waals surface area contributed by atoms with Crippen LogP contribution in [0.25, 0.3) is 0 Å². The Labute approximate surface area is 235 Å². The summed E-state index contributed by atoms with van der Waals surface area (Å²) >= 11 is 5.85. The molecule has 1 amide bonds. The molecule has 0 bridgehead atoms. The summed E-state index contributed by atoms with van der Waals surface area (Å²) in [7, 11) is 0. The van der Waals surface area contributed by atoms with E-state index in [2.05, 4.69) is 56.9 Å². The van der Waals surface area contributed by atoms with Crippen molar-refractivity contribution in [1.82, 2.24) is 24.8 Å². The minimum absolute atomic E-state index is 0.0260. The van der Waals surface area contributed by atoms with Gasteiger partial charge in [0.25, 0.3) is 0 Å². The summed E-state index contributed by atoms with van der Waals surface area (Å²) in [5.74, 6) is -0.0260. The molecule has 0 saturated carbocycles. The molecule has 2 N–H and O–H groups in total. The van der Waals surface area contributed by atoms with Gasteiger partial charge in [-0.25, -0.2) is 0 Å². The molecule has 1 aromatic carbocycles. The van der Waals surface area contributed by atoms with Crippen molar-refractivity contribution in [2.24, 2.45) is 0 Å². The molecule has 7 nitrogen and oxygen atoms in total. The van der Waals surface area contributed by atoms with Crippen LogP contribution >= 0.6 is 12.2 Å². The van der Waals surface area contributed by atoms with Crippen LogP contribution < -0.4 is 10.6 Å². The van der Waals surface area contributed by atoms with Gasteiger partial charge in [0.05, 0.1) is 17.8 Å². The van der Waals surface area contributed by atoms with Crippen molar-refractivity contribution in [3.63, 3.8) is 0 Å². The van der Waals surface area contributed by atoms with E-state index in [1.807, 2.05) is 73.2 Å². The van der Waals surface area contributed by atoms with Crippen LogP contribution in [0.3, 0.4) is 0 Å². The van der Waals surface area contributed by atoms with Crippen LogP contribution in [0, 0.1) is 13.8 Å². The van der Waals surface area contributed by atoms with Crippen molar-refractivity contribution < 1.29 is 4.79 Å². The quantitative estimate of drug-likeness (QED) is 0.274. The number of aryl methyl sites for hydroxylation is 2. The number of rotatable bonds is 9. The van der Waals surface area contributed by atoms with Crippen LogP contribution in [0.1, 0.15) is 59.2 Å². The lowest BCUT2D eigenvalue weighted by Gasteiger charge is -2.28. The first-order valence-electron chi connectivity index (χ1n) is 13.4. The summed E-state index contributed by atoms with van der Waals surface area (Å²) in [6.45, 7) is 7.64. The Morgan fingerprint density at radius 1 is 1.05 bits per heavy atom. The standard InChI is InChI=1S/C31H34N6OS/c1-4-24-9-5-6-10-26(24)34-28(38)14-18-36-30(29(35-31(36)39)27-11-7-8-15-33-27)25-19-21(2)37(22(25)3)20-23-12-16-32-17-13-23/h5-13,15-17,19,29-30H,4,14,18,20H2,1-3H3,(H,34,38)(H,35,39)/t29-,30-/m0/s1. The molecule has 0 unspecified atom stereocenters. The van der Waals surface area contributed by atoms with Gasteiger partial charge in [-0.05, 0) is 85.6 Å². The molecule has 1 aliphatic heterocycles. The van der Waals surface area contributed by atoms with E-state index < -0.39 is 0 Å². The summed E-state index contributed by atoms with van der Waals surface area (Å²) in [6.07, 6.45) is 6.64. The van der Waals surface area contributed by atoms with Crippen LogP contribution in [0.2, 0.25) is 0 Å². The Kier molecular flexibility index (Phi) is 8.02. The SMILES string of the molecule is CCc1ccccc1NC(=O)CCN1C(=S)N[C@@H](c2ccccn2)[C@@H]1c1cc(C)n(Cc2ccncc2)c1C. The second-order valence-electron chi connectivity index (χ2n) is 9.90. The van der Waals surface area contributed by atoms with Gasteiger partial charge in [-0.2, -0.15) is 0 Å². The van der Waals surface area contributed by atoms with Gasteiger partial charge in [-0.3, -0.25) is 14.8 Å². The topological polar surface area (TPSA) is 75.1 Å². The van der Waals surface area contributed by atoms with Crippen LogP contribution in [-0.2, 0) is 17.8 Å². The van der Waals surface area contributed by atoms with E-state index in [0.717, 1.165) is 29.9 Å². The number of amides is 1. The smallest absolute Gasteiger partial charge is 0.226 e. The first-order valence-corrected chi connectivity index (χ1v) is 13.8. The lowest BCUT2D eigenvalue weighted by atomic mass is 9.96. The third-order valence-corrected chi connectivity index (χ3v) is 7.82. The number of carbonyl (C=O) groups is 1. The Hall–Kier alpha value is -4.04. The third kappa shape index (κ3) is 5.71. The van der Waals surface area contributed by atoms with E-state index in [1.54, 1.807) is 0 Å². The number of hydrogen-bond donors (Lipinski definition) is 2. The summed E-state index contributed by atoms with van der Waals surface area (Å²) in [5.41, 5.74) is 7.64. The number of nitrogens with one attached hydrogen (secondary N) is 2. The minimum atomic E-state index is -0.127. The number of para-hydroxylation sites is 1. The van der Waals surface area contributed by atoms with Crippen LogP contribution in [0.15, 0.2) is 79.3 Å². The molecule has 0 aliphatic carbocycles. The highest BCUT2D eigenvalue weighted by atomic mass is 32.1. The van der Waals surface area contributed by atoms with Crippen molar-refractivity contribution in [2.75, 3.05) is 11.9 Å². The van der Waals surface area contributed by atoms with E-state index in [-0.39, 0.29) is 18.0 Å². The molecule has 0 radical (unpaired) electrons. The Morgan fingerprint density at radius 3 is 2.56 bits per heavy atom. The largest absolute Gasteiger partial charge is 0.352 e. The van der Waals surface area contributed by atoms with Crippen LogP contribution in [-0.4, -0.2) is 37.0 Å². The highest BCUT2D eigenvalue weighted by Crippen LogP contribution is 2.41. The normalized spacial score (nSPS) is 16.8. The molecule has 3 aromatic heterocycles. The van der Waals surface area contributed by atoms with E-state index in [4.69, 9.17) is 12.2 Å². The van der Waals surface area contributed by atoms with Crippen molar-refractivity contribution in [1.29, 1.82) is 0 Å². The second kappa shape index (κ2) is 11.8. The zero-order chi connectivity index (χ0) is 27.4. The molecule has 1 fully saturated rings. The summed E-state index contributed by atoms with van der Waals surface area (Å²) < 4.78 is 2.33. The first-order chi connectivity index (χ1) is 19.0. The molecule has 1 aliphatic rings. The van der Waals surface area contributed by atoms with Gasteiger partial charge in [-0.1, -0.05) is 31.2 Å². The fourth-order valence-corrected chi connectivity index (χ4v) is 5.74. The number of anilines is 1. The van der Waals surface area contributed by atoms with Gasteiger partial charge in [0.15, 0.2) is 5.11 Å². The summed E-state index contributed by atoms with van der Waals surface area (Å²) in [6, 6.07) is 20.0. The lowest BCUT2D eigenvalue weighted by molar-refractivity contribution is -0.116. The molecular weight excluding hydrogens is 504 g/mol. The number of benzene rings is 1. The number of thiocarbonyl (C=S) groups is 1. The van der Waals surface area contributed by atoms with Gasteiger partial charge in [0.2, 0.25) is 5.91 Å². The fraction of sp³-hybridized carbons (Fsp3) is 0.290. The predicted octanol–water partition coefficient (Wildman–Crippen LogP) is 5.51. The third-order valence-electron chi connectivity index (χ3n) is 7.47. The summed E-state index contributed by atoms with van der Waals surface area (Å²) in [5, 5.41) is 7.25. The van der Waals surface area contributed by atoms with Gasteiger partial charge < -0.3 is 20.1 Å². The highest BCUT2D eigenvalue weighted by Gasteiger charge is 2.41. The zero-order valence-electron chi connectivity index (χ0n) is 22.6. The average molecular weight is 539 g/mol. The fourth-order valence-electron chi connectivity index (χ4n) is 5.41. The van der Waals surface area contributed by atoms with Crippen molar-refractivity contribution in [2.45, 2.75) is 52.2 Å². The van der Waals surface area contributed by atoms with Crippen molar-refractivity contribution in [3.8, 4) is 0 Å². The second-order valence-corrected chi connectivity index (χ2v) is 10.3. The van der Waals surface area contributed by atoms with Gasteiger partial charge in [0.1, 0.15) is 0 Å². The number of pyridine rings is 2. The molecule has 0 spiro atoms. The first kappa shape index (κ1) is 26.6. The van der Waals surface area contributed by atoms with Gasteiger partial charge in [-0.15, -0.1) is 0 Å². The van der Waals surface area contributed by atoms with Gasteiger partial charge >= 0.3 is 0 Å². The maximum absolute atomic E-state index is 13.0. The van der Waals surface area contributed by atoms with E-state index in [1.165, 1.54) is 22.5 Å². The molecule has 39 heavy (non-hydrogen) atoms. The zero-order valence-corrected chi connectivity index (χ0v) is 23.4. The molecular formula is C31H34N6OS. The van der Waals surface area contributed by atoms with Crippen molar-refractivity contribution >= 4 is 28.9 Å². The Bertz CT molecular complexity index is 1450. The molecule has 4 heterocycles. The number of hydrogen-bond acceptors (Lipinski definition) is 4. The van der Waals surface area contributed by atoms with E-state index >= 15 is 0 Å². The number of nitrogens with zero attached hydrogens (tertiary/aromatic N) is 4. The van der Waals surface area contributed by atoms with E-state index in [0.29, 0.717) is 18.1 Å². The number of carbonyl (C=O) groups excluding carboxylic acids is 1.